The fourth-order valence-corrected chi connectivity index (χ4v) is 6.00. The van der Waals surface area contributed by atoms with E-state index in [1.807, 2.05) is 79.4 Å². The van der Waals surface area contributed by atoms with Crippen molar-refractivity contribution in [1.82, 2.24) is 15.2 Å². The molecule has 44 heavy (non-hydrogen) atoms. The third kappa shape index (κ3) is 6.39. The van der Waals surface area contributed by atoms with E-state index in [4.69, 9.17) is 9.47 Å². The van der Waals surface area contributed by atoms with Crippen molar-refractivity contribution >= 4 is 11.8 Å². The van der Waals surface area contributed by atoms with Crippen LogP contribution in [0.4, 0.5) is 0 Å². The molecule has 3 aromatic carbocycles. The number of rotatable bonds is 2. The summed E-state index contributed by atoms with van der Waals surface area (Å²) in [4.78, 5) is 43.6. The van der Waals surface area contributed by atoms with Crippen LogP contribution in [0.2, 0.25) is 0 Å². The standard InChI is InChI=1S/C36H37N3O5/c1-23(2)34-31(14-16-33(41)38-34)36(42)39-19-17-25-21-29-12-13-30(25)35(39)26-5-3-6-28(22-26)43-20-4-18-37-32(40)15-9-24-7-10-27(44-29)11-8-24/h3,5-8,10-14,16,21-23,35H,4,9,15,17-20H2,1-2H3,(H,37,40)(H,38,41). The van der Waals surface area contributed by atoms with E-state index in [9.17, 15) is 14.4 Å². The van der Waals surface area contributed by atoms with Gasteiger partial charge in [-0.05, 0) is 89.9 Å². The summed E-state index contributed by atoms with van der Waals surface area (Å²) in [6, 6.07) is 24.4. The van der Waals surface area contributed by atoms with Crippen LogP contribution in [0, 0.1) is 0 Å². The molecule has 9 rings (SSSR count). The van der Waals surface area contributed by atoms with Crippen LogP contribution in [-0.2, 0) is 17.6 Å². The van der Waals surface area contributed by atoms with Gasteiger partial charge in [0.05, 0.1) is 18.2 Å². The van der Waals surface area contributed by atoms with E-state index in [0.717, 1.165) is 33.8 Å². The molecular weight excluding hydrogens is 554 g/mol. The number of ether oxygens (including phenoxy) is 2. The molecule has 0 spiro atoms. The van der Waals surface area contributed by atoms with E-state index in [-0.39, 0.29) is 29.3 Å². The first-order valence-electron chi connectivity index (χ1n) is 15.3. The molecule has 0 fully saturated rings. The lowest BCUT2D eigenvalue weighted by atomic mass is 9.87. The van der Waals surface area contributed by atoms with Crippen LogP contribution in [0.5, 0.6) is 17.2 Å². The largest absolute Gasteiger partial charge is 0.494 e. The number of nitrogens with zero attached hydrogens (tertiary/aromatic N) is 1. The summed E-state index contributed by atoms with van der Waals surface area (Å²) in [5.41, 5.74) is 5.05. The van der Waals surface area contributed by atoms with Gasteiger partial charge in [0.15, 0.2) is 0 Å². The summed E-state index contributed by atoms with van der Waals surface area (Å²) in [6.07, 6.45) is 2.40. The maximum absolute atomic E-state index is 14.3. The fourth-order valence-electron chi connectivity index (χ4n) is 6.00. The second-order valence-corrected chi connectivity index (χ2v) is 11.7. The van der Waals surface area contributed by atoms with E-state index in [1.54, 1.807) is 6.07 Å². The summed E-state index contributed by atoms with van der Waals surface area (Å²) >= 11 is 0. The van der Waals surface area contributed by atoms with E-state index in [2.05, 4.69) is 16.4 Å². The number of carbonyl (C=O) groups is 2. The number of nitrogens with one attached hydrogen (secondary N) is 2. The summed E-state index contributed by atoms with van der Waals surface area (Å²) in [5.74, 6) is 2.00. The van der Waals surface area contributed by atoms with Crippen LogP contribution < -0.4 is 20.3 Å². The van der Waals surface area contributed by atoms with Crippen molar-refractivity contribution in [2.75, 3.05) is 19.7 Å². The number of aromatic nitrogens is 1. The summed E-state index contributed by atoms with van der Waals surface area (Å²) < 4.78 is 12.3. The molecule has 4 aromatic rings. The average Bonchev–Trinajstić information content (AvgIpc) is 3.03. The highest BCUT2D eigenvalue weighted by atomic mass is 16.5. The van der Waals surface area contributed by atoms with Gasteiger partial charge in [0.1, 0.15) is 17.2 Å². The molecule has 0 radical (unpaired) electrons. The van der Waals surface area contributed by atoms with Crippen molar-refractivity contribution in [3.63, 3.8) is 0 Å². The topological polar surface area (TPSA) is 101 Å². The smallest absolute Gasteiger partial charge is 0.256 e. The van der Waals surface area contributed by atoms with Crippen molar-refractivity contribution in [2.45, 2.75) is 51.5 Å². The maximum atomic E-state index is 14.3. The Labute approximate surface area is 257 Å². The van der Waals surface area contributed by atoms with E-state index >= 15 is 0 Å². The fraction of sp³-hybridized carbons (Fsp3) is 0.306. The first-order chi connectivity index (χ1) is 21.4. The molecule has 2 amide bonds. The minimum atomic E-state index is -0.372. The molecule has 5 aliphatic rings. The van der Waals surface area contributed by atoms with E-state index in [1.165, 1.54) is 6.07 Å². The Hall–Kier alpha value is -4.85. The lowest BCUT2D eigenvalue weighted by molar-refractivity contribution is -0.121. The number of carbonyl (C=O) groups excluding carboxylic acids is 2. The van der Waals surface area contributed by atoms with Gasteiger partial charge in [0, 0.05) is 31.3 Å². The van der Waals surface area contributed by atoms with E-state index < -0.39 is 0 Å². The van der Waals surface area contributed by atoms with Gasteiger partial charge < -0.3 is 24.7 Å². The maximum Gasteiger partial charge on any atom is 0.256 e. The quantitative estimate of drug-likeness (QED) is 0.302. The molecule has 1 unspecified atom stereocenters. The molecule has 6 heterocycles. The highest BCUT2D eigenvalue weighted by molar-refractivity contribution is 5.96. The number of amides is 2. The number of benzene rings is 3. The molecule has 0 saturated heterocycles. The Balaban J connectivity index is 1.40. The Morgan fingerprint density at radius 2 is 1.70 bits per heavy atom. The zero-order valence-corrected chi connectivity index (χ0v) is 25.1. The summed E-state index contributed by atoms with van der Waals surface area (Å²) in [5, 5.41) is 2.98. The van der Waals surface area contributed by atoms with Gasteiger partial charge in [-0.3, -0.25) is 14.4 Å². The van der Waals surface area contributed by atoms with Crippen LogP contribution in [0.15, 0.2) is 83.7 Å². The Morgan fingerprint density at radius 1 is 0.886 bits per heavy atom. The number of pyridine rings is 1. The third-order valence-electron chi connectivity index (χ3n) is 8.25. The average molecular weight is 592 g/mol. The van der Waals surface area contributed by atoms with Gasteiger partial charge in [-0.25, -0.2) is 0 Å². The molecule has 226 valence electrons. The number of hydrogen-bond acceptors (Lipinski definition) is 5. The molecule has 0 saturated carbocycles. The minimum Gasteiger partial charge on any atom is -0.494 e. The summed E-state index contributed by atoms with van der Waals surface area (Å²) in [7, 11) is 0. The van der Waals surface area contributed by atoms with Gasteiger partial charge in [-0.15, -0.1) is 0 Å². The van der Waals surface area contributed by atoms with Gasteiger partial charge in [0.2, 0.25) is 11.5 Å². The lowest BCUT2D eigenvalue weighted by Crippen LogP contribution is -2.41. The molecule has 8 nitrogen and oxygen atoms in total. The van der Waals surface area contributed by atoms with Crippen LogP contribution in [0.25, 0.3) is 0 Å². The van der Waals surface area contributed by atoms with Crippen LogP contribution in [0.1, 0.15) is 77.0 Å². The third-order valence-corrected chi connectivity index (χ3v) is 8.25. The van der Waals surface area contributed by atoms with Gasteiger partial charge in [-0.2, -0.15) is 0 Å². The molecule has 8 heteroatoms. The molecule has 2 N–H and O–H groups in total. The Bertz CT molecular complexity index is 1730. The monoisotopic (exact) mass is 591 g/mol. The number of H-pyrrole nitrogens is 1. The van der Waals surface area contributed by atoms with Crippen LogP contribution in [0.3, 0.4) is 0 Å². The van der Waals surface area contributed by atoms with Gasteiger partial charge in [-0.1, -0.05) is 44.2 Å². The molecule has 5 aliphatic heterocycles. The first-order valence-corrected chi connectivity index (χ1v) is 15.3. The molecule has 1 aromatic heterocycles. The van der Waals surface area contributed by atoms with Crippen molar-refractivity contribution < 1.29 is 19.1 Å². The minimum absolute atomic E-state index is 0.0136. The van der Waals surface area contributed by atoms with Crippen LogP contribution >= 0.6 is 0 Å². The van der Waals surface area contributed by atoms with Crippen molar-refractivity contribution in [3.05, 3.63) is 123 Å². The number of aromatic amines is 1. The van der Waals surface area contributed by atoms with Gasteiger partial charge in [0.25, 0.3) is 5.91 Å². The molecule has 1 atom stereocenters. The van der Waals surface area contributed by atoms with Crippen LogP contribution in [-0.4, -0.2) is 41.4 Å². The Kier molecular flexibility index (Phi) is 8.50. The number of hydrogen-bond donors (Lipinski definition) is 2. The zero-order valence-electron chi connectivity index (χ0n) is 25.1. The van der Waals surface area contributed by atoms with Crippen molar-refractivity contribution in [1.29, 1.82) is 0 Å². The predicted molar refractivity (Wildman–Crippen MR) is 169 cm³/mol. The van der Waals surface area contributed by atoms with Crippen molar-refractivity contribution in [2.24, 2.45) is 0 Å². The predicted octanol–water partition coefficient (Wildman–Crippen LogP) is 5.91. The SMILES string of the molecule is CC(C)c1[nH]c(=O)ccc1C(=O)N1CCc2cc3ccc2C1c1cccc(c1)OCCCNC(=O)CCc1ccc(cc1)O3. The highest BCUT2D eigenvalue weighted by Gasteiger charge is 2.34. The Morgan fingerprint density at radius 3 is 2.52 bits per heavy atom. The van der Waals surface area contributed by atoms with Gasteiger partial charge >= 0.3 is 0 Å². The first kappa shape index (κ1) is 29.2. The molecule has 8 bridgehead atoms. The number of aryl methyl sites for hydroxylation is 1. The van der Waals surface area contributed by atoms with Crippen molar-refractivity contribution in [3.8, 4) is 17.2 Å². The molecule has 0 aliphatic carbocycles. The normalized spacial score (nSPS) is 16.9. The zero-order chi connectivity index (χ0) is 30.6. The van der Waals surface area contributed by atoms with E-state index in [0.29, 0.717) is 62.4 Å². The molecular formula is C36H37N3O5. The summed E-state index contributed by atoms with van der Waals surface area (Å²) in [6.45, 7) is 5.41. The lowest BCUT2D eigenvalue weighted by Gasteiger charge is -2.38. The second kappa shape index (κ2) is 12.8. The second-order valence-electron chi connectivity index (χ2n) is 11.7. The highest BCUT2D eigenvalue weighted by Crippen LogP contribution is 2.39.